The molecule has 2 rings (SSSR count). The van der Waals surface area contributed by atoms with Crippen LogP contribution < -0.4 is 4.90 Å². The van der Waals surface area contributed by atoms with E-state index in [0.717, 1.165) is 4.90 Å². The largest absolute Gasteiger partial charge is 0.432 e. The Kier molecular flexibility index (Phi) is 2.79. The number of hydrogen-bond donors (Lipinski definition) is 1. The molecule has 1 aromatic rings. The Morgan fingerprint density at radius 2 is 2.19 bits per heavy atom. The van der Waals surface area contributed by atoms with Crippen LogP contribution >= 0.6 is 0 Å². The molecule has 0 aromatic carbocycles. The molecule has 1 aliphatic rings. The number of alkyl halides is 3. The molecule has 0 amide bonds. The first-order valence-electron chi connectivity index (χ1n) is 4.88. The average Bonchev–Trinajstić information content (AvgIpc) is 2.91. The Morgan fingerprint density at radius 3 is 2.62 bits per heavy atom. The fourth-order valence-corrected chi connectivity index (χ4v) is 1.43. The molecule has 0 radical (unpaired) electrons. The molecule has 1 saturated carbocycles. The molecule has 0 aliphatic heterocycles. The first-order chi connectivity index (χ1) is 7.49. The molecule has 16 heavy (non-hydrogen) atoms. The third-order valence-electron chi connectivity index (χ3n) is 2.28. The van der Waals surface area contributed by atoms with E-state index < -0.39 is 12.7 Å². The summed E-state index contributed by atoms with van der Waals surface area (Å²) >= 11 is 0. The lowest BCUT2D eigenvalue weighted by molar-refractivity contribution is -0.120. The fourth-order valence-electron chi connectivity index (χ4n) is 1.43. The Morgan fingerprint density at radius 1 is 1.50 bits per heavy atom. The van der Waals surface area contributed by atoms with Crippen LogP contribution in [-0.4, -0.2) is 28.9 Å². The van der Waals surface area contributed by atoms with Crippen molar-refractivity contribution in [3.05, 3.63) is 12.0 Å². The van der Waals surface area contributed by atoms with Gasteiger partial charge in [0.2, 0.25) is 0 Å². The van der Waals surface area contributed by atoms with Crippen molar-refractivity contribution in [2.24, 2.45) is 0 Å². The van der Waals surface area contributed by atoms with E-state index in [9.17, 15) is 13.2 Å². The molecule has 1 aliphatic carbocycles. The van der Waals surface area contributed by atoms with Gasteiger partial charge in [-0.15, -0.1) is 0 Å². The van der Waals surface area contributed by atoms with E-state index in [2.05, 4.69) is 4.98 Å². The van der Waals surface area contributed by atoms with Crippen LogP contribution in [0.1, 0.15) is 18.5 Å². The van der Waals surface area contributed by atoms with Gasteiger partial charge in [0.1, 0.15) is 18.5 Å². The summed E-state index contributed by atoms with van der Waals surface area (Å²) < 4.78 is 41.8. The van der Waals surface area contributed by atoms with Crippen LogP contribution in [0.3, 0.4) is 0 Å². The SMILES string of the molecule is OCc1coc(N(CC(F)(F)F)C2CC2)n1. The highest BCUT2D eigenvalue weighted by Gasteiger charge is 2.40. The van der Waals surface area contributed by atoms with Crippen LogP contribution in [-0.2, 0) is 6.61 Å². The number of aromatic nitrogens is 1. The third-order valence-corrected chi connectivity index (χ3v) is 2.28. The molecule has 0 bridgehead atoms. The summed E-state index contributed by atoms with van der Waals surface area (Å²) in [7, 11) is 0. The van der Waals surface area contributed by atoms with E-state index in [4.69, 9.17) is 9.52 Å². The van der Waals surface area contributed by atoms with Crippen molar-refractivity contribution in [3.8, 4) is 0 Å². The summed E-state index contributed by atoms with van der Waals surface area (Å²) in [6, 6.07) is -0.212. The molecule has 0 unspecified atom stereocenters. The van der Waals surface area contributed by atoms with Crippen LogP contribution in [0.5, 0.6) is 0 Å². The van der Waals surface area contributed by atoms with Crippen LogP contribution in [0, 0.1) is 0 Å². The zero-order valence-electron chi connectivity index (χ0n) is 8.37. The number of aliphatic hydroxyl groups is 1. The Hall–Kier alpha value is -1.24. The van der Waals surface area contributed by atoms with E-state index >= 15 is 0 Å². The summed E-state index contributed by atoms with van der Waals surface area (Å²) in [6.07, 6.45) is -1.68. The van der Waals surface area contributed by atoms with Crippen LogP contribution in [0.4, 0.5) is 19.2 Å². The normalized spacial score (nSPS) is 16.5. The standard InChI is InChI=1S/C9H11F3N2O2/c10-9(11,12)5-14(7-1-2-7)8-13-6(3-15)4-16-8/h4,7,15H,1-3,5H2. The van der Waals surface area contributed by atoms with Gasteiger partial charge in [-0.1, -0.05) is 0 Å². The van der Waals surface area contributed by atoms with Crippen molar-refractivity contribution in [1.29, 1.82) is 0 Å². The molecule has 1 fully saturated rings. The minimum atomic E-state index is -4.28. The van der Waals surface area contributed by atoms with E-state index in [0.29, 0.717) is 12.8 Å². The quantitative estimate of drug-likeness (QED) is 0.864. The summed E-state index contributed by atoms with van der Waals surface area (Å²) in [5.41, 5.74) is 0.239. The monoisotopic (exact) mass is 236 g/mol. The Balaban J connectivity index is 2.12. The van der Waals surface area contributed by atoms with Gasteiger partial charge in [0, 0.05) is 6.04 Å². The van der Waals surface area contributed by atoms with Crippen molar-refractivity contribution >= 4 is 6.01 Å². The van der Waals surface area contributed by atoms with Crippen molar-refractivity contribution in [3.63, 3.8) is 0 Å². The van der Waals surface area contributed by atoms with Gasteiger partial charge >= 0.3 is 6.18 Å². The lowest BCUT2D eigenvalue weighted by Crippen LogP contribution is -2.36. The van der Waals surface area contributed by atoms with Gasteiger partial charge in [0.05, 0.1) is 6.61 Å². The number of rotatable bonds is 4. The van der Waals surface area contributed by atoms with Crippen molar-refractivity contribution in [2.75, 3.05) is 11.4 Å². The molecule has 1 N–H and O–H groups in total. The average molecular weight is 236 g/mol. The predicted octanol–water partition coefficient (Wildman–Crippen LogP) is 1.70. The highest BCUT2D eigenvalue weighted by Crippen LogP contribution is 2.33. The molecule has 0 atom stereocenters. The first kappa shape index (κ1) is 11.3. The summed E-state index contributed by atoms with van der Waals surface area (Å²) in [5.74, 6) is 0. The molecule has 1 heterocycles. The van der Waals surface area contributed by atoms with Gasteiger partial charge < -0.3 is 14.4 Å². The minimum absolute atomic E-state index is 0.0659. The van der Waals surface area contributed by atoms with Crippen molar-refractivity contribution in [1.82, 2.24) is 4.98 Å². The van der Waals surface area contributed by atoms with Gasteiger partial charge in [0.25, 0.3) is 6.01 Å². The molecule has 1 aromatic heterocycles. The second kappa shape index (κ2) is 3.97. The highest BCUT2D eigenvalue weighted by atomic mass is 19.4. The molecular weight excluding hydrogens is 225 g/mol. The van der Waals surface area contributed by atoms with Gasteiger partial charge in [-0.3, -0.25) is 0 Å². The third kappa shape index (κ3) is 2.66. The van der Waals surface area contributed by atoms with Crippen LogP contribution in [0.25, 0.3) is 0 Å². The van der Waals surface area contributed by atoms with Crippen LogP contribution in [0.2, 0.25) is 0 Å². The molecule has 90 valence electrons. The topological polar surface area (TPSA) is 49.5 Å². The van der Waals surface area contributed by atoms with Crippen LogP contribution in [0.15, 0.2) is 10.7 Å². The number of nitrogens with zero attached hydrogens (tertiary/aromatic N) is 2. The van der Waals surface area contributed by atoms with Gasteiger partial charge in [-0.05, 0) is 12.8 Å². The zero-order valence-corrected chi connectivity index (χ0v) is 8.37. The van der Waals surface area contributed by atoms with E-state index in [1.165, 1.54) is 6.26 Å². The first-order valence-corrected chi connectivity index (χ1v) is 4.88. The highest BCUT2D eigenvalue weighted by molar-refractivity contribution is 5.32. The molecule has 4 nitrogen and oxygen atoms in total. The van der Waals surface area contributed by atoms with Gasteiger partial charge in [-0.2, -0.15) is 18.2 Å². The minimum Gasteiger partial charge on any atom is -0.432 e. The summed E-state index contributed by atoms with van der Waals surface area (Å²) in [4.78, 5) is 4.88. The van der Waals surface area contributed by atoms with Crippen molar-refractivity contribution < 1.29 is 22.7 Å². The lowest BCUT2D eigenvalue weighted by atomic mass is 10.5. The van der Waals surface area contributed by atoms with Crippen molar-refractivity contribution in [2.45, 2.75) is 31.7 Å². The second-order valence-corrected chi connectivity index (χ2v) is 3.75. The Bertz CT molecular complexity index is 360. The Labute approximate surface area is 89.7 Å². The number of aliphatic hydroxyl groups excluding tert-OH is 1. The molecule has 7 heteroatoms. The van der Waals surface area contributed by atoms with E-state index in [-0.39, 0.29) is 24.4 Å². The molecule has 0 saturated heterocycles. The lowest BCUT2D eigenvalue weighted by Gasteiger charge is -2.21. The number of anilines is 1. The number of oxazole rings is 1. The van der Waals surface area contributed by atoms with E-state index in [1.54, 1.807) is 0 Å². The zero-order chi connectivity index (χ0) is 11.8. The van der Waals surface area contributed by atoms with Gasteiger partial charge in [0.15, 0.2) is 0 Å². The van der Waals surface area contributed by atoms with Gasteiger partial charge in [-0.25, -0.2) is 0 Å². The van der Waals surface area contributed by atoms with E-state index in [1.807, 2.05) is 0 Å². The summed E-state index contributed by atoms with van der Waals surface area (Å²) in [5, 5.41) is 8.76. The smallest absolute Gasteiger partial charge is 0.406 e. The summed E-state index contributed by atoms with van der Waals surface area (Å²) in [6.45, 7) is -1.41. The maximum atomic E-state index is 12.3. The maximum absolute atomic E-state index is 12.3. The maximum Gasteiger partial charge on any atom is 0.406 e. The molecule has 0 spiro atoms. The second-order valence-electron chi connectivity index (χ2n) is 3.75. The number of hydrogen-bond acceptors (Lipinski definition) is 4. The predicted molar refractivity (Wildman–Crippen MR) is 48.8 cm³/mol. The number of halogens is 3. The fraction of sp³-hybridized carbons (Fsp3) is 0.667. The molecular formula is C9H11F3N2O2.